The zero-order valence-corrected chi connectivity index (χ0v) is 29.8. The number of carbonyl (C=O) groups is 4. The monoisotopic (exact) mass is 746 g/mol. The average molecular weight is 747 g/mol. The maximum absolute atomic E-state index is 13.6. The molecule has 0 saturated carbocycles. The third-order valence-electron chi connectivity index (χ3n) is 9.65. The Morgan fingerprint density at radius 2 is 0.782 bits per heavy atom. The molecule has 0 unspecified atom stereocenters. The second kappa shape index (κ2) is 13.3. The average Bonchev–Trinajstić information content (AvgIpc) is 3.59. The number of nitro groups is 2. The molecule has 268 valence electrons. The molecule has 0 spiro atoms. The van der Waals surface area contributed by atoms with Gasteiger partial charge in [-0.3, -0.25) is 39.4 Å². The highest BCUT2D eigenvalue weighted by Gasteiger charge is 2.38. The molecule has 8 rings (SSSR count). The van der Waals surface area contributed by atoms with Crippen molar-refractivity contribution >= 4 is 58.1 Å². The van der Waals surface area contributed by atoms with Gasteiger partial charge in [0.25, 0.3) is 35.0 Å². The van der Waals surface area contributed by atoms with Crippen LogP contribution in [0.5, 0.6) is 0 Å². The number of fused-ring (bicyclic) bond motifs is 2. The fourth-order valence-corrected chi connectivity index (χ4v) is 7.70. The van der Waals surface area contributed by atoms with E-state index in [-0.39, 0.29) is 33.6 Å². The minimum Gasteiger partial charge on any atom is -0.268 e. The van der Waals surface area contributed by atoms with E-state index in [2.05, 4.69) is 0 Å². The van der Waals surface area contributed by atoms with Gasteiger partial charge >= 0.3 is 0 Å². The molecule has 55 heavy (non-hydrogen) atoms. The molecule has 0 atom stereocenters. The second-order valence-electron chi connectivity index (χ2n) is 13.0. The van der Waals surface area contributed by atoms with Crippen LogP contribution in [0.4, 0.5) is 22.7 Å². The van der Waals surface area contributed by atoms with E-state index in [1.165, 1.54) is 36.0 Å². The Morgan fingerprint density at radius 3 is 1.13 bits per heavy atom. The molecule has 12 nitrogen and oxygen atoms in total. The summed E-state index contributed by atoms with van der Waals surface area (Å²) < 4.78 is 0. The van der Waals surface area contributed by atoms with Crippen molar-refractivity contribution in [2.24, 2.45) is 0 Å². The quantitative estimate of drug-likeness (QED) is 0.0840. The Hall–Kier alpha value is -7.25. The van der Waals surface area contributed by atoms with Crippen molar-refractivity contribution in [3.63, 3.8) is 0 Å². The first-order chi connectivity index (χ1) is 26.4. The number of amides is 4. The number of nitro benzene ring substituents is 2. The van der Waals surface area contributed by atoms with Crippen molar-refractivity contribution in [1.29, 1.82) is 0 Å². The standard InChI is InChI=1S/C42H26N4O8S/c1-23-19-31(43-39(47)33-15-7-27(21-35(33)41(43)49)25-3-9-29(10-4-25)45(51)52)13-17-37(23)55-38-18-14-32(20-24(38)2)44-40(48)34-16-8-28(22-36(34)42(44)50)26-5-11-30(12-6-26)46(53)54/h3-22H,1-2H3. The lowest BCUT2D eigenvalue weighted by Gasteiger charge is -2.18. The first kappa shape index (κ1) is 34.8. The number of aryl methyl sites for hydroxylation is 2. The number of non-ortho nitro benzene ring substituents is 2. The van der Waals surface area contributed by atoms with Crippen molar-refractivity contribution < 1.29 is 29.0 Å². The highest BCUT2D eigenvalue weighted by atomic mass is 32.2. The van der Waals surface area contributed by atoms with Crippen LogP contribution >= 0.6 is 11.8 Å². The topological polar surface area (TPSA) is 161 Å². The Morgan fingerprint density at radius 1 is 0.436 bits per heavy atom. The molecule has 13 heteroatoms. The van der Waals surface area contributed by atoms with E-state index in [4.69, 9.17) is 0 Å². The SMILES string of the molecule is Cc1cc(N2C(=O)c3ccc(-c4ccc([N+](=O)[O-])cc4)cc3C2=O)ccc1Sc1ccc(N2C(=O)c3ccc(-c4ccc([N+](=O)[O-])cc4)cc3C2=O)cc1C. The van der Waals surface area contributed by atoms with Gasteiger partial charge in [-0.15, -0.1) is 0 Å². The van der Waals surface area contributed by atoms with Gasteiger partial charge in [0, 0.05) is 34.1 Å². The first-order valence-electron chi connectivity index (χ1n) is 16.8. The third kappa shape index (κ3) is 6.02. The Labute approximate surface area is 316 Å². The molecule has 0 aromatic heterocycles. The summed E-state index contributed by atoms with van der Waals surface area (Å²) in [4.78, 5) is 79.2. The summed E-state index contributed by atoms with van der Waals surface area (Å²) in [6, 6.07) is 32.4. The van der Waals surface area contributed by atoms with Crippen LogP contribution in [-0.2, 0) is 0 Å². The molecular weight excluding hydrogens is 721 g/mol. The summed E-state index contributed by atoms with van der Waals surface area (Å²) in [5, 5.41) is 22.1. The van der Waals surface area contributed by atoms with E-state index >= 15 is 0 Å². The molecule has 4 amide bonds. The van der Waals surface area contributed by atoms with Gasteiger partial charge in [0.1, 0.15) is 0 Å². The van der Waals surface area contributed by atoms with E-state index in [1.807, 2.05) is 26.0 Å². The number of rotatable bonds is 8. The molecule has 6 aromatic rings. The molecule has 0 saturated heterocycles. The zero-order chi connectivity index (χ0) is 38.7. The molecule has 0 bridgehead atoms. The van der Waals surface area contributed by atoms with E-state index in [1.54, 1.807) is 84.9 Å². The van der Waals surface area contributed by atoms with Crippen LogP contribution in [0.1, 0.15) is 52.6 Å². The fraction of sp³-hybridized carbons (Fsp3) is 0.0476. The highest BCUT2D eigenvalue weighted by molar-refractivity contribution is 7.99. The van der Waals surface area contributed by atoms with Crippen molar-refractivity contribution in [2.75, 3.05) is 9.80 Å². The van der Waals surface area contributed by atoms with Gasteiger partial charge in [-0.05, 0) is 132 Å². The molecule has 0 radical (unpaired) electrons. The lowest BCUT2D eigenvalue weighted by Crippen LogP contribution is -2.29. The molecule has 6 aromatic carbocycles. The van der Waals surface area contributed by atoms with Crippen LogP contribution in [0.3, 0.4) is 0 Å². The number of carbonyl (C=O) groups excluding carboxylic acids is 4. The predicted octanol–water partition coefficient (Wildman–Crippen LogP) is 9.21. The van der Waals surface area contributed by atoms with Gasteiger partial charge in [0.15, 0.2) is 0 Å². The van der Waals surface area contributed by atoms with E-state index in [0.29, 0.717) is 33.6 Å². The van der Waals surface area contributed by atoms with Crippen molar-refractivity contribution in [3.8, 4) is 22.3 Å². The van der Waals surface area contributed by atoms with Crippen LogP contribution in [0.2, 0.25) is 0 Å². The van der Waals surface area contributed by atoms with Gasteiger partial charge in [-0.2, -0.15) is 0 Å². The third-order valence-corrected chi connectivity index (χ3v) is 11.0. The van der Waals surface area contributed by atoms with Gasteiger partial charge in [-0.25, -0.2) is 9.80 Å². The summed E-state index contributed by atoms with van der Waals surface area (Å²) in [6.07, 6.45) is 0. The molecule has 0 N–H and O–H groups in total. The smallest absolute Gasteiger partial charge is 0.268 e. The van der Waals surface area contributed by atoms with Crippen LogP contribution in [0.25, 0.3) is 22.3 Å². The highest BCUT2D eigenvalue weighted by Crippen LogP contribution is 2.39. The normalized spacial score (nSPS) is 13.3. The number of nitrogens with zero attached hydrogens (tertiary/aromatic N) is 4. The van der Waals surface area contributed by atoms with Gasteiger partial charge in [0.2, 0.25) is 0 Å². The van der Waals surface area contributed by atoms with Crippen LogP contribution in [0, 0.1) is 34.1 Å². The van der Waals surface area contributed by atoms with E-state index in [0.717, 1.165) is 30.7 Å². The van der Waals surface area contributed by atoms with Crippen LogP contribution in [0.15, 0.2) is 131 Å². The van der Waals surface area contributed by atoms with E-state index in [9.17, 15) is 39.4 Å². The number of hydrogen-bond acceptors (Lipinski definition) is 9. The van der Waals surface area contributed by atoms with Crippen molar-refractivity contribution in [1.82, 2.24) is 0 Å². The summed E-state index contributed by atoms with van der Waals surface area (Å²) in [6.45, 7) is 3.76. The largest absolute Gasteiger partial charge is 0.269 e. The Kier molecular flexibility index (Phi) is 8.42. The summed E-state index contributed by atoms with van der Waals surface area (Å²) in [5.41, 5.74) is 6.05. The maximum Gasteiger partial charge on any atom is 0.269 e. The first-order valence-corrected chi connectivity index (χ1v) is 17.7. The summed E-state index contributed by atoms with van der Waals surface area (Å²) in [5.74, 6) is -1.83. The molecule has 2 aliphatic heterocycles. The fourth-order valence-electron chi connectivity index (χ4n) is 6.75. The molecule has 2 heterocycles. The van der Waals surface area contributed by atoms with Gasteiger partial charge in [-0.1, -0.05) is 23.9 Å². The lowest BCUT2D eigenvalue weighted by atomic mass is 10.00. The molecule has 0 aliphatic carbocycles. The van der Waals surface area contributed by atoms with Gasteiger partial charge in [0.05, 0.1) is 43.5 Å². The predicted molar refractivity (Wildman–Crippen MR) is 206 cm³/mol. The number of benzene rings is 6. The second-order valence-corrected chi connectivity index (χ2v) is 14.1. The van der Waals surface area contributed by atoms with Crippen LogP contribution < -0.4 is 9.80 Å². The summed E-state index contributed by atoms with van der Waals surface area (Å²) >= 11 is 1.46. The lowest BCUT2D eigenvalue weighted by molar-refractivity contribution is -0.385. The van der Waals surface area contributed by atoms with Crippen molar-refractivity contribution in [3.05, 3.63) is 175 Å². The minimum absolute atomic E-state index is 0.0489. The summed E-state index contributed by atoms with van der Waals surface area (Å²) in [7, 11) is 0. The Balaban J connectivity index is 0.987. The molecular formula is C42H26N4O8S. The van der Waals surface area contributed by atoms with E-state index < -0.39 is 33.5 Å². The van der Waals surface area contributed by atoms with Crippen LogP contribution in [-0.4, -0.2) is 33.5 Å². The number of imide groups is 2. The zero-order valence-electron chi connectivity index (χ0n) is 29.0. The molecule has 2 aliphatic rings. The van der Waals surface area contributed by atoms with Crippen molar-refractivity contribution in [2.45, 2.75) is 23.6 Å². The number of anilines is 2. The minimum atomic E-state index is -0.485. The maximum atomic E-state index is 13.6. The number of hydrogen-bond donors (Lipinski definition) is 0. The molecule has 0 fully saturated rings. The Bertz CT molecular complexity index is 2510. The van der Waals surface area contributed by atoms with Gasteiger partial charge < -0.3 is 0 Å².